The van der Waals surface area contributed by atoms with Crippen molar-refractivity contribution >= 4 is 11.6 Å². The molecule has 3 nitrogen and oxygen atoms in total. The van der Waals surface area contributed by atoms with Crippen LogP contribution in [0.5, 0.6) is 0 Å². The van der Waals surface area contributed by atoms with Crippen LogP contribution in [0.25, 0.3) is 0 Å². The zero-order valence-electron chi connectivity index (χ0n) is 16.4. The van der Waals surface area contributed by atoms with Crippen LogP contribution in [-0.2, 0) is 6.42 Å². The maximum Gasteiger partial charge on any atom is 0.0860 e. The Kier molecular flexibility index (Phi) is 6.63. The third-order valence-electron chi connectivity index (χ3n) is 5.61. The standard InChI is InChI=1S/C25H27ClN2O/c26-22-12-5-4-11-21(22)25-27-23(19-9-2-1-3-10-19)24(28-25)20-15-13-18(14-16-20)8-6-7-17-29/h1-5,9-16,23-25,27-29H,6-8,17H2. The lowest BCUT2D eigenvalue weighted by atomic mass is 9.94. The van der Waals surface area contributed by atoms with E-state index in [1.807, 2.05) is 24.3 Å². The second-order valence-electron chi connectivity index (χ2n) is 7.58. The lowest BCUT2D eigenvalue weighted by molar-refractivity contribution is 0.284. The first-order valence-electron chi connectivity index (χ1n) is 10.3. The minimum Gasteiger partial charge on any atom is -0.396 e. The van der Waals surface area contributed by atoms with E-state index in [1.165, 1.54) is 16.7 Å². The van der Waals surface area contributed by atoms with Gasteiger partial charge < -0.3 is 5.11 Å². The van der Waals surface area contributed by atoms with Crippen LogP contribution in [0.1, 0.15) is 53.3 Å². The highest BCUT2D eigenvalue weighted by Gasteiger charge is 2.36. The molecule has 0 aliphatic carbocycles. The van der Waals surface area contributed by atoms with Gasteiger partial charge >= 0.3 is 0 Å². The SMILES string of the molecule is OCCCCc1ccc(C2NC(c3ccccc3Cl)NC2c2ccccc2)cc1. The molecule has 0 spiro atoms. The Labute approximate surface area is 177 Å². The predicted molar refractivity (Wildman–Crippen MR) is 119 cm³/mol. The first-order valence-corrected chi connectivity index (χ1v) is 10.7. The van der Waals surface area contributed by atoms with Gasteiger partial charge in [0.1, 0.15) is 0 Å². The van der Waals surface area contributed by atoms with Gasteiger partial charge in [0.2, 0.25) is 0 Å². The van der Waals surface area contributed by atoms with Crippen LogP contribution in [0.15, 0.2) is 78.9 Å². The third kappa shape index (κ3) is 4.71. The molecular weight excluding hydrogens is 380 g/mol. The summed E-state index contributed by atoms with van der Waals surface area (Å²) in [6, 6.07) is 27.7. The quantitative estimate of drug-likeness (QED) is 0.465. The van der Waals surface area contributed by atoms with Crippen molar-refractivity contribution in [2.24, 2.45) is 0 Å². The topological polar surface area (TPSA) is 44.3 Å². The molecule has 0 saturated carbocycles. The molecule has 29 heavy (non-hydrogen) atoms. The summed E-state index contributed by atoms with van der Waals surface area (Å²) in [6.45, 7) is 0.262. The molecule has 0 bridgehead atoms. The fraction of sp³-hybridized carbons (Fsp3) is 0.280. The van der Waals surface area contributed by atoms with Crippen molar-refractivity contribution in [3.63, 3.8) is 0 Å². The van der Waals surface area contributed by atoms with Gasteiger partial charge in [0, 0.05) is 17.2 Å². The van der Waals surface area contributed by atoms with Gasteiger partial charge in [-0.05, 0) is 42.0 Å². The minimum atomic E-state index is -0.0110. The molecule has 0 aromatic heterocycles. The number of hydrogen-bond acceptors (Lipinski definition) is 3. The zero-order chi connectivity index (χ0) is 20.1. The highest BCUT2D eigenvalue weighted by molar-refractivity contribution is 6.31. The van der Waals surface area contributed by atoms with Crippen LogP contribution < -0.4 is 10.6 Å². The molecule has 3 unspecified atom stereocenters. The number of unbranched alkanes of at least 4 members (excludes halogenated alkanes) is 1. The van der Waals surface area contributed by atoms with E-state index in [0.29, 0.717) is 0 Å². The molecule has 0 amide bonds. The summed E-state index contributed by atoms with van der Waals surface area (Å²) in [5.74, 6) is 0. The van der Waals surface area contributed by atoms with Gasteiger partial charge in [0.15, 0.2) is 0 Å². The maximum atomic E-state index is 8.98. The summed E-state index contributed by atoms with van der Waals surface area (Å²) in [6.07, 6.45) is 2.86. The van der Waals surface area contributed by atoms with E-state index < -0.39 is 0 Å². The molecule has 0 radical (unpaired) electrons. The van der Waals surface area contributed by atoms with Gasteiger partial charge in [-0.3, -0.25) is 10.6 Å². The molecule has 4 rings (SSSR count). The number of aliphatic hydroxyl groups excluding tert-OH is 1. The summed E-state index contributed by atoms with van der Waals surface area (Å²) >= 11 is 6.48. The maximum absolute atomic E-state index is 8.98. The molecule has 3 atom stereocenters. The van der Waals surface area contributed by atoms with Gasteiger partial charge in [-0.1, -0.05) is 84.4 Å². The highest BCUT2D eigenvalue weighted by atomic mass is 35.5. The van der Waals surface area contributed by atoms with Crippen LogP contribution in [0.3, 0.4) is 0 Å². The zero-order valence-corrected chi connectivity index (χ0v) is 17.1. The summed E-state index contributed by atoms with van der Waals surface area (Å²) in [5, 5.41) is 17.3. The first-order chi connectivity index (χ1) is 14.3. The van der Waals surface area contributed by atoms with Crippen molar-refractivity contribution in [1.82, 2.24) is 10.6 Å². The molecule has 1 aliphatic heterocycles. The number of rotatable bonds is 7. The fourth-order valence-electron chi connectivity index (χ4n) is 4.06. The fourth-order valence-corrected chi connectivity index (χ4v) is 4.30. The van der Waals surface area contributed by atoms with Crippen molar-refractivity contribution in [3.8, 4) is 0 Å². The van der Waals surface area contributed by atoms with E-state index in [-0.39, 0.29) is 24.9 Å². The highest BCUT2D eigenvalue weighted by Crippen LogP contribution is 2.39. The average molecular weight is 407 g/mol. The van der Waals surface area contributed by atoms with Crippen LogP contribution >= 0.6 is 11.6 Å². The second kappa shape index (κ2) is 9.55. The normalized spacial score (nSPS) is 21.4. The number of hydrogen-bond donors (Lipinski definition) is 3. The predicted octanol–water partition coefficient (Wildman–Crippen LogP) is 5.33. The average Bonchev–Trinajstić information content (AvgIpc) is 3.21. The number of aryl methyl sites for hydroxylation is 1. The number of benzene rings is 3. The lowest BCUT2D eigenvalue weighted by Gasteiger charge is -2.20. The Morgan fingerprint density at radius 1 is 0.724 bits per heavy atom. The second-order valence-corrected chi connectivity index (χ2v) is 7.98. The Balaban J connectivity index is 1.59. The number of halogens is 1. The van der Waals surface area contributed by atoms with Gasteiger partial charge in [-0.25, -0.2) is 0 Å². The monoisotopic (exact) mass is 406 g/mol. The van der Waals surface area contributed by atoms with E-state index in [1.54, 1.807) is 0 Å². The van der Waals surface area contributed by atoms with Crippen LogP contribution in [0.4, 0.5) is 0 Å². The van der Waals surface area contributed by atoms with E-state index in [9.17, 15) is 0 Å². The summed E-state index contributed by atoms with van der Waals surface area (Å²) in [7, 11) is 0. The van der Waals surface area contributed by atoms with Gasteiger partial charge in [0.05, 0.1) is 18.2 Å². The molecule has 1 fully saturated rings. The molecule has 1 heterocycles. The molecule has 1 aliphatic rings. The Morgan fingerprint density at radius 3 is 2.00 bits per heavy atom. The molecule has 150 valence electrons. The van der Waals surface area contributed by atoms with Crippen molar-refractivity contribution in [2.45, 2.75) is 37.5 Å². The van der Waals surface area contributed by atoms with Crippen LogP contribution in [0, 0.1) is 0 Å². The Bertz CT molecular complexity index is 914. The number of nitrogens with one attached hydrogen (secondary N) is 2. The largest absolute Gasteiger partial charge is 0.396 e. The van der Waals surface area contributed by atoms with Crippen molar-refractivity contribution in [2.75, 3.05) is 6.61 Å². The molecular formula is C25H27ClN2O. The van der Waals surface area contributed by atoms with E-state index in [0.717, 1.165) is 29.8 Å². The molecule has 3 aromatic carbocycles. The minimum absolute atomic E-state index is 0.0110. The lowest BCUT2D eigenvalue weighted by Crippen LogP contribution is -2.22. The number of aliphatic hydroxyl groups is 1. The Hall–Kier alpha value is -2.17. The van der Waals surface area contributed by atoms with Gasteiger partial charge in [-0.2, -0.15) is 0 Å². The van der Waals surface area contributed by atoms with Gasteiger partial charge in [-0.15, -0.1) is 0 Å². The van der Waals surface area contributed by atoms with Crippen LogP contribution in [-0.4, -0.2) is 11.7 Å². The van der Waals surface area contributed by atoms with E-state index in [2.05, 4.69) is 65.2 Å². The third-order valence-corrected chi connectivity index (χ3v) is 5.96. The van der Waals surface area contributed by atoms with Crippen molar-refractivity contribution < 1.29 is 5.11 Å². The van der Waals surface area contributed by atoms with E-state index in [4.69, 9.17) is 16.7 Å². The van der Waals surface area contributed by atoms with Crippen molar-refractivity contribution in [3.05, 3.63) is 106 Å². The molecule has 1 saturated heterocycles. The smallest absolute Gasteiger partial charge is 0.0860 e. The summed E-state index contributed by atoms with van der Waals surface area (Å²) in [5.41, 5.74) is 4.89. The summed E-state index contributed by atoms with van der Waals surface area (Å²) in [4.78, 5) is 0. The first kappa shape index (κ1) is 20.1. The molecule has 3 aromatic rings. The molecule has 3 N–H and O–H groups in total. The van der Waals surface area contributed by atoms with Crippen molar-refractivity contribution in [1.29, 1.82) is 0 Å². The van der Waals surface area contributed by atoms with Gasteiger partial charge in [0.25, 0.3) is 0 Å². The van der Waals surface area contributed by atoms with Crippen LogP contribution in [0.2, 0.25) is 5.02 Å². The van der Waals surface area contributed by atoms with E-state index >= 15 is 0 Å². The Morgan fingerprint density at radius 2 is 1.34 bits per heavy atom. The summed E-state index contributed by atoms with van der Waals surface area (Å²) < 4.78 is 0. The molecule has 4 heteroatoms.